The number of hydroxylamine groups is 2. The number of amides is 1. The molecule has 0 bridgehead atoms. The first kappa shape index (κ1) is 19.9. The van der Waals surface area contributed by atoms with Crippen LogP contribution in [-0.4, -0.2) is 22.7 Å². The Hall–Kier alpha value is -2.82. The molecule has 0 unspecified atom stereocenters. The maximum absolute atomic E-state index is 12.2. The highest BCUT2D eigenvalue weighted by Crippen LogP contribution is 2.16. The Bertz CT molecular complexity index is 880. The summed E-state index contributed by atoms with van der Waals surface area (Å²) in [7, 11) is 0. The molecule has 0 spiro atoms. The van der Waals surface area contributed by atoms with E-state index in [2.05, 4.69) is 0 Å². The summed E-state index contributed by atoms with van der Waals surface area (Å²) in [6, 6.07) is 24.6. The highest BCUT2D eigenvalue weighted by atomic mass is 35.5. The van der Waals surface area contributed by atoms with Gasteiger partial charge in [-0.25, -0.2) is 5.06 Å². The van der Waals surface area contributed by atoms with Crippen molar-refractivity contribution in [2.24, 2.45) is 0 Å². The Morgan fingerprint density at radius 1 is 0.857 bits per heavy atom. The van der Waals surface area contributed by atoms with E-state index in [1.165, 1.54) is 0 Å². The normalized spacial score (nSPS) is 10.5. The number of benzene rings is 3. The number of rotatable bonds is 8. The van der Waals surface area contributed by atoms with Gasteiger partial charge in [-0.05, 0) is 47.4 Å². The third-order valence-corrected chi connectivity index (χ3v) is 4.59. The van der Waals surface area contributed by atoms with E-state index in [-0.39, 0.29) is 18.9 Å². The number of hydrogen-bond donors (Lipinski definition) is 1. The number of ether oxygens (including phenoxy) is 1. The van der Waals surface area contributed by atoms with Crippen LogP contribution >= 0.6 is 11.6 Å². The quantitative estimate of drug-likeness (QED) is 0.435. The lowest BCUT2D eigenvalue weighted by Gasteiger charge is -2.15. The van der Waals surface area contributed by atoms with E-state index in [9.17, 15) is 10.0 Å². The first-order chi connectivity index (χ1) is 13.6. The summed E-state index contributed by atoms with van der Waals surface area (Å²) in [5.74, 6) is 0.391. The standard InChI is InChI=1S/C23H22ClNO3/c24-21-10-6-20(7-11-21)17-28-22-12-8-19(9-13-22)16-23(26)25(27)15-14-18-4-2-1-3-5-18/h1-13,27H,14-17H2. The lowest BCUT2D eigenvalue weighted by molar-refractivity contribution is -0.164. The van der Waals surface area contributed by atoms with Crippen molar-refractivity contribution in [2.75, 3.05) is 6.54 Å². The lowest BCUT2D eigenvalue weighted by atomic mass is 10.1. The van der Waals surface area contributed by atoms with Crippen LogP contribution in [0.15, 0.2) is 78.9 Å². The smallest absolute Gasteiger partial charge is 0.250 e. The third-order valence-electron chi connectivity index (χ3n) is 4.34. The lowest BCUT2D eigenvalue weighted by Crippen LogP contribution is -2.30. The molecule has 3 aromatic carbocycles. The number of nitrogens with zero attached hydrogens (tertiary/aromatic N) is 1. The van der Waals surface area contributed by atoms with Crippen LogP contribution in [-0.2, 0) is 24.2 Å². The fraction of sp³-hybridized carbons (Fsp3) is 0.174. The van der Waals surface area contributed by atoms with Crippen LogP contribution in [0.25, 0.3) is 0 Å². The van der Waals surface area contributed by atoms with Gasteiger partial charge in [-0.3, -0.25) is 10.0 Å². The molecule has 0 aliphatic heterocycles. The average molecular weight is 396 g/mol. The van der Waals surface area contributed by atoms with Gasteiger partial charge in [0.05, 0.1) is 13.0 Å². The largest absolute Gasteiger partial charge is 0.489 e. The van der Waals surface area contributed by atoms with Crippen LogP contribution in [0.2, 0.25) is 5.02 Å². The zero-order chi connectivity index (χ0) is 19.8. The van der Waals surface area contributed by atoms with Gasteiger partial charge in [-0.2, -0.15) is 0 Å². The second-order valence-corrected chi connectivity index (χ2v) is 6.92. The molecule has 0 saturated carbocycles. The molecule has 1 amide bonds. The van der Waals surface area contributed by atoms with E-state index in [1.54, 1.807) is 0 Å². The van der Waals surface area contributed by atoms with E-state index in [1.807, 2.05) is 78.9 Å². The molecule has 0 aliphatic carbocycles. The van der Waals surface area contributed by atoms with E-state index in [0.717, 1.165) is 27.5 Å². The van der Waals surface area contributed by atoms with Gasteiger partial charge in [0.1, 0.15) is 12.4 Å². The summed E-state index contributed by atoms with van der Waals surface area (Å²) in [5, 5.41) is 11.5. The van der Waals surface area contributed by atoms with Gasteiger partial charge in [0.15, 0.2) is 0 Å². The molecular formula is C23H22ClNO3. The SMILES string of the molecule is O=C(Cc1ccc(OCc2ccc(Cl)cc2)cc1)N(O)CCc1ccccc1. The maximum atomic E-state index is 12.2. The molecule has 28 heavy (non-hydrogen) atoms. The van der Waals surface area contributed by atoms with Crippen LogP contribution in [0.1, 0.15) is 16.7 Å². The topological polar surface area (TPSA) is 49.8 Å². The maximum Gasteiger partial charge on any atom is 0.250 e. The summed E-state index contributed by atoms with van der Waals surface area (Å²) in [6.07, 6.45) is 0.753. The predicted octanol–water partition coefficient (Wildman–Crippen LogP) is 4.92. The molecule has 5 heteroatoms. The van der Waals surface area contributed by atoms with Crippen molar-refractivity contribution in [3.8, 4) is 5.75 Å². The molecule has 0 aromatic heterocycles. The van der Waals surface area contributed by atoms with Crippen molar-refractivity contribution in [3.63, 3.8) is 0 Å². The molecule has 0 fully saturated rings. The molecule has 0 saturated heterocycles. The van der Waals surface area contributed by atoms with Crippen molar-refractivity contribution < 1.29 is 14.7 Å². The molecule has 3 rings (SSSR count). The van der Waals surface area contributed by atoms with Crippen molar-refractivity contribution in [2.45, 2.75) is 19.4 Å². The van der Waals surface area contributed by atoms with Crippen LogP contribution in [0.5, 0.6) is 5.75 Å². The summed E-state index contributed by atoms with van der Waals surface area (Å²) >= 11 is 5.87. The minimum absolute atomic E-state index is 0.142. The second-order valence-electron chi connectivity index (χ2n) is 6.49. The number of carbonyl (C=O) groups excluding carboxylic acids is 1. The molecule has 0 heterocycles. The van der Waals surface area contributed by atoms with E-state index >= 15 is 0 Å². The van der Waals surface area contributed by atoms with Crippen molar-refractivity contribution >= 4 is 17.5 Å². The summed E-state index contributed by atoms with van der Waals surface area (Å²) in [5.41, 5.74) is 2.93. The van der Waals surface area contributed by atoms with Gasteiger partial charge >= 0.3 is 0 Å². The highest BCUT2D eigenvalue weighted by Gasteiger charge is 2.12. The minimum Gasteiger partial charge on any atom is -0.489 e. The van der Waals surface area contributed by atoms with Crippen LogP contribution in [0.3, 0.4) is 0 Å². The first-order valence-electron chi connectivity index (χ1n) is 9.09. The van der Waals surface area contributed by atoms with E-state index in [4.69, 9.17) is 16.3 Å². The number of halogens is 1. The van der Waals surface area contributed by atoms with E-state index < -0.39 is 0 Å². The second kappa shape index (κ2) is 9.93. The molecular weight excluding hydrogens is 374 g/mol. The first-order valence-corrected chi connectivity index (χ1v) is 9.47. The summed E-state index contributed by atoms with van der Waals surface area (Å²) in [4.78, 5) is 12.2. The fourth-order valence-electron chi connectivity index (χ4n) is 2.72. The molecule has 144 valence electrons. The molecule has 1 N–H and O–H groups in total. The zero-order valence-electron chi connectivity index (χ0n) is 15.4. The highest BCUT2D eigenvalue weighted by molar-refractivity contribution is 6.30. The van der Waals surface area contributed by atoms with E-state index in [0.29, 0.717) is 18.1 Å². The average Bonchev–Trinajstić information content (AvgIpc) is 2.73. The Morgan fingerprint density at radius 3 is 2.18 bits per heavy atom. The zero-order valence-corrected chi connectivity index (χ0v) is 16.2. The van der Waals surface area contributed by atoms with Crippen LogP contribution in [0, 0.1) is 0 Å². The minimum atomic E-state index is -0.328. The Labute approximate surface area is 169 Å². The molecule has 4 nitrogen and oxygen atoms in total. The Morgan fingerprint density at radius 2 is 1.50 bits per heavy atom. The van der Waals surface area contributed by atoms with Crippen molar-refractivity contribution in [3.05, 3.63) is 101 Å². The molecule has 3 aromatic rings. The van der Waals surface area contributed by atoms with Gasteiger partial charge in [-0.1, -0.05) is 66.2 Å². The monoisotopic (exact) mass is 395 g/mol. The molecule has 0 aliphatic rings. The fourth-order valence-corrected chi connectivity index (χ4v) is 2.85. The van der Waals surface area contributed by atoms with Crippen LogP contribution in [0.4, 0.5) is 0 Å². The van der Waals surface area contributed by atoms with Gasteiger partial charge in [-0.15, -0.1) is 0 Å². The van der Waals surface area contributed by atoms with Gasteiger partial charge in [0, 0.05) is 5.02 Å². The number of hydrogen-bond acceptors (Lipinski definition) is 3. The predicted molar refractivity (Wildman–Crippen MR) is 110 cm³/mol. The summed E-state index contributed by atoms with van der Waals surface area (Å²) < 4.78 is 5.74. The molecule has 0 atom stereocenters. The van der Waals surface area contributed by atoms with Crippen molar-refractivity contribution in [1.82, 2.24) is 5.06 Å². The Balaban J connectivity index is 1.46. The Kier molecular flexibility index (Phi) is 7.06. The third kappa shape index (κ3) is 6.12. The number of carbonyl (C=O) groups is 1. The van der Waals surface area contributed by atoms with Gasteiger partial charge in [0.25, 0.3) is 0 Å². The van der Waals surface area contributed by atoms with Crippen molar-refractivity contribution in [1.29, 1.82) is 0 Å². The van der Waals surface area contributed by atoms with Crippen LogP contribution < -0.4 is 4.74 Å². The molecule has 0 radical (unpaired) electrons. The summed E-state index contributed by atoms with van der Waals surface area (Å²) in [6.45, 7) is 0.713. The van der Waals surface area contributed by atoms with Gasteiger partial charge < -0.3 is 4.74 Å². The van der Waals surface area contributed by atoms with Gasteiger partial charge in [0.2, 0.25) is 5.91 Å².